The molecule has 3 nitrogen and oxygen atoms in total. The molecule has 1 fully saturated rings. The number of ether oxygens (including phenoxy) is 1. The lowest BCUT2D eigenvalue weighted by molar-refractivity contribution is 0.193. The van der Waals surface area contributed by atoms with Crippen LogP contribution in [0.5, 0.6) is 0 Å². The zero-order valence-electron chi connectivity index (χ0n) is 12.4. The number of nitrogens with one attached hydrogen (secondary N) is 1. The monoisotopic (exact) mass is 262 g/mol. The van der Waals surface area contributed by atoms with Crippen molar-refractivity contribution in [1.29, 1.82) is 0 Å². The standard InChI is InChI=1S/C16H26N2O/c1-4-8-17-11-14-5-6-16(13(2)10-14)18(3)15-7-9-19-12-15/h5-6,10,15,17H,4,7-9,11-12H2,1-3H3. The molecule has 1 aliphatic heterocycles. The lowest BCUT2D eigenvalue weighted by Gasteiger charge is -2.27. The van der Waals surface area contributed by atoms with Gasteiger partial charge in [0.2, 0.25) is 0 Å². The van der Waals surface area contributed by atoms with Crippen LogP contribution in [0.15, 0.2) is 18.2 Å². The van der Waals surface area contributed by atoms with Crippen molar-refractivity contribution in [2.75, 3.05) is 31.7 Å². The van der Waals surface area contributed by atoms with Crippen LogP contribution in [0.4, 0.5) is 5.69 Å². The van der Waals surface area contributed by atoms with Crippen LogP contribution in [0.1, 0.15) is 30.9 Å². The van der Waals surface area contributed by atoms with Crippen LogP contribution < -0.4 is 10.2 Å². The van der Waals surface area contributed by atoms with Gasteiger partial charge in [0, 0.05) is 25.9 Å². The average molecular weight is 262 g/mol. The highest BCUT2D eigenvalue weighted by atomic mass is 16.5. The first-order chi connectivity index (χ1) is 9.22. The van der Waals surface area contributed by atoms with Gasteiger partial charge in [0.25, 0.3) is 0 Å². The summed E-state index contributed by atoms with van der Waals surface area (Å²) in [6, 6.07) is 7.31. The van der Waals surface area contributed by atoms with Crippen molar-refractivity contribution < 1.29 is 4.74 Å². The first-order valence-corrected chi connectivity index (χ1v) is 7.33. The molecule has 0 aliphatic carbocycles. The second-order valence-corrected chi connectivity index (χ2v) is 5.43. The van der Waals surface area contributed by atoms with E-state index in [0.717, 1.165) is 32.7 Å². The van der Waals surface area contributed by atoms with Crippen molar-refractivity contribution >= 4 is 5.69 Å². The van der Waals surface area contributed by atoms with Crippen molar-refractivity contribution in [3.63, 3.8) is 0 Å². The van der Waals surface area contributed by atoms with E-state index in [9.17, 15) is 0 Å². The fraction of sp³-hybridized carbons (Fsp3) is 0.625. The normalized spacial score (nSPS) is 18.8. The summed E-state index contributed by atoms with van der Waals surface area (Å²) in [6.45, 7) is 8.19. The summed E-state index contributed by atoms with van der Waals surface area (Å²) in [5, 5.41) is 3.45. The van der Waals surface area contributed by atoms with E-state index in [-0.39, 0.29) is 0 Å². The first kappa shape index (κ1) is 14.4. The van der Waals surface area contributed by atoms with Crippen molar-refractivity contribution in [3.8, 4) is 0 Å². The maximum absolute atomic E-state index is 5.48. The highest BCUT2D eigenvalue weighted by molar-refractivity contribution is 5.54. The molecule has 0 radical (unpaired) electrons. The predicted octanol–water partition coefficient (Wildman–Crippen LogP) is 2.72. The van der Waals surface area contributed by atoms with Crippen molar-refractivity contribution in [2.45, 2.75) is 39.3 Å². The van der Waals surface area contributed by atoms with E-state index in [4.69, 9.17) is 4.74 Å². The Morgan fingerprint density at radius 2 is 2.26 bits per heavy atom. The molecule has 0 amide bonds. The van der Waals surface area contributed by atoms with Crippen molar-refractivity contribution in [3.05, 3.63) is 29.3 Å². The van der Waals surface area contributed by atoms with Crippen molar-refractivity contribution in [2.24, 2.45) is 0 Å². The molecule has 1 aromatic rings. The van der Waals surface area contributed by atoms with Gasteiger partial charge < -0.3 is 15.0 Å². The quantitative estimate of drug-likeness (QED) is 0.798. The molecule has 1 heterocycles. The number of likely N-dealkylation sites (N-methyl/N-ethyl adjacent to an activating group) is 1. The van der Waals surface area contributed by atoms with E-state index < -0.39 is 0 Å². The van der Waals surface area contributed by atoms with Gasteiger partial charge in [-0.15, -0.1) is 0 Å². The summed E-state index contributed by atoms with van der Waals surface area (Å²) in [6.07, 6.45) is 2.32. The minimum Gasteiger partial charge on any atom is -0.379 e. The number of anilines is 1. The molecule has 0 aromatic heterocycles. The first-order valence-electron chi connectivity index (χ1n) is 7.33. The Balaban J connectivity index is 2.01. The Morgan fingerprint density at radius 1 is 1.42 bits per heavy atom. The van der Waals surface area contributed by atoms with E-state index in [1.807, 2.05) is 0 Å². The highest BCUT2D eigenvalue weighted by Gasteiger charge is 2.21. The van der Waals surface area contributed by atoms with Gasteiger partial charge in [0.05, 0.1) is 12.6 Å². The van der Waals surface area contributed by atoms with Crippen LogP contribution in [0.2, 0.25) is 0 Å². The molecule has 106 valence electrons. The topological polar surface area (TPSA) is 24.5 Å². The molecule has 1 unspecified atom stereocenters. The van der Waals surface area contributed by atoms with Gasteiger partial charge in [-0.25, -0.2) is 0 Å². The fourth-order valence-electron chi connectivity index (χ4n) is 2.66. The second kappa shape index (κ2) is 6.92. The lowest BCUT2D eigenvalue weighted by Crippen LogP contribution is -2.32. The minimum atomic E-state index is 0.530. The fourth-order valence-corrected chi connectivity index (χ4v) is 2.66. The summed E-state index contributed by atoms with van der Waals surface area (Å²) in [4.78, 5) is 2.37. The highest BCUT2D eigenvalue weighted by Crippen LogP contribution is 2.24. The summed E-state index contributed by atoms with van der Waals surface area (Å²) >= 11 is 0. The SMILES string of the molecule is CCCNCc1ccc(N(C)C2CCOC2)c(C)c1. The summed E-state index contributed by atoms with van der Waals surface area (Å²) in [5.74, 6) is 0. The molecule has 2 rings (SSSR count). The number of hydrogen-bond donors (Lipinski definition) is 1. The Hall–Kier alpha value is -1.06. The predicted molar refractivity (Wildman–Crippen MR) is 80.8 cm³/mol. The molecule has 1 N–H and O–H groups in total. The third-order valence-corrected chi connectivity index (χ3v) is 3.85. The van der Waals surface area contributed by atoms with Crippen LogP contribution in [0, 0.1) is 6.92 Å². The molecule has 1 saturated heterocycles. The zero-order chi connectivity index (χ0) is 13.7. The van der Waals surface area contributed by atoms with Crippen molar-refractivity contribution in [1.82, 2.24) is 5.32 Å². The summed E-state index contributed by atoms with van der Waals surface area (Å²) in [7, 11) is 2.18. The van der Waals surface area contributed by atoms with Gasteiger partial charge in [-0.2, -0.15) is 0 Å². The van der Waals surface area contributed by atoms with Gasteiger partial charge >= 0.3 is 0 Å². The number of nitrogens with zero attached hydrogens (tertiary/aromatic N) is 1. The second-order valence-electron chi connectivity index (χ2n) is 5.43. The van der Waals surface area contributed by atoms with Crippen LogP contribution in [0.3, 0.4) is 0 Å². The van der Waals surface area contributed by atoms with Crippen LogP contribution in [-0.4, -0.2) is 32.8 Å². The Labute approximate surface area is 116 Å². The number of hydrogen-bond acceptors (Lipinski definition) is 3. The third kappa shape index (κ3) is 3.71. The van der Waals surface area contributed by atoms with Gasteiger partial charge in [-0.05, 0) is 43.5 Å². The molecular weight excluding hydrogens is 236 g/mol. The van der Waals surface area contributed by atoms with Gasteiger partial charge in [0.1, 0.15) is 0 Å². The molecule has 3 heteroatoms. The summed E-state index contributed by atoms with van der Waals surface area (Å²) < 4.78 is 5.48. The summed E-state index contributed by atoms with van der Waals surface area (Å²) in [5.41, 5.74) is 4.05. The minimum absolute atomic E-state index is 0.530. The van der Waals surface area contributed by atoms with E-state index >= 15 is 0 Å². The maximum Gasteiger partial charge on any atom is 0.0670 e. The molecule has 0 saturated carbocycles. The smallest absolute Gasteiger partial charge is 0.0670 e. The molecule has 1 aliphatic rings. The molecule has 0 spiro atoms. The number of aryl methyl sites for hydroxylation is 1. The van der Waals surface area contributed by atoms with Gasteiger partial charge in [-0.3, -0.25) is 0 Å². The maximum atomic E-state index is 5.48. The van der Waals surface area contributed by atoms with E-state index in [2.05, 4.69) is 49.3 Å². The molecule has 0 bridgehead atoms. The lowest BCUT2D eigenvalue weighted by atomic mass is 10.1. The molecule has 19 heavy (non-hydrogen) atoms. The zero-order valence-corrected chi connectivity index (χ0v) is 12.4. The number of benzene rings is 1. The van der Waals surface area contributed by atoms with E-state index in [0.29, 0.717) is 6.04 Å². The van der Waals surface area contributed by atoms with Crippen LogP contribution >= 0.6 is 0 Å². The molecule has 1 aromatic carbocycles. The largest absolute Gasteiger partial charge is 0.379 e. The Bertz CT molecular complexity index is 400. The number of rotatable bonds is 6. The molecule has 1 atom stereocenters. The average Bonchev–Trinajstić information content (AvgIpc) is 2.92. The van der Waals surface area contributed by atoms with Crippen LogP contribution in [0.25, 0.3) is 0 Å². The third-order valence-electron chi connectivity index (χ3n) is 3.85. The van der Waals surface area contributed by atoms with E-state index in [1.165, 1.54) is 23.2 Å². The van der Waals surface area contributed by atoms with Crippen LogP contribution in [-0.2, 0) is 11.3 Å². The molecular formula is C16H26N2O. The Morgan fingerprint density at radius 3 is 2.89 bits per heavy atom. The van der Waals surface area contributed by atoms with Gasteiger partial charge in [-0.1, -0.05) is 19.1 Å². The van der Waals surface area contributed by atoms with Gasteiger partial charge in [0.15, 0.2) is 0 Å². The Kier molecular flexibility index (Phi) is 5.23. The van der Waals surface area contributed by atoms with E-state index in [1.54, 1.807) is 0 Å².